The van der Waals surface area contributed by atoms with E-state index in [0.29, 0.717) is 18.1 Å². The zero-order chi connectivity index (χ0) is 18.9. The van der Waals surface area contributed by atoms with Crippen LogP contribution in [0.1, 0.15) is 25.7 Å². The summed E-state index contributed by atoms with van der Waals surface area (Å²) in [5, 5.41) is 2.88. The first-order valence-corrected chi connectivity index (χ1v) is 9.64. The van der Waals surface area contributed by atoms with E-state index in [0.717, 1.165) is 25.4 Å². The van der Waals surface area contributed by atoms with E-state index in [2.05, 4.69) is 15.2 Å². The lowest BCUT2D eigenvalue weighted by Gasteiger charge is -2.24. The Morgan fingerprint density at radius 3 is 2.52 bits per heavy atom. The smallest absolute Gasteiger partial charge is 0.321 e. The van der Waals surface area contributed by atoms with Crippen molar-refractivity contribution in [2.45, 2.75) is 25.7 Å². The zero-order valence-electron chi connectivity index (χ0n) is 15.9. The van der Waals surface area contributed by atoms with Gasteiger partial charge in [-0.05, 0) is 44.1 Å². The first-order valence-electron chi connectivity index (χ1n) is 9.64. The first-order chi connectivity index (χ1) is 13.2. The molecule has 0 unspecified atom stereocenters. The predicted molar refractivity (Wildman–Crippen MR) is 107 cm³/mol. The summed E-state index contributed by atoms with van der Waals surface area (Å²) >= 11 is 0. The number of nitrogens with zero attached hydrogens (tertiary/aromatic N) is 3. The van der Waals surface area contributed by atoms with Crippen LogP contribution >= 0.6 is 0 Å². The van der Waals surface area contributed by atoms with E-state index in [1.165, 1.54) is 25.7 Å². The molecule has 0 saturated carbocycles. The standard InChI is InChI=1S/C21H28N4O2/c1-24(15-16-25-13-7-2-3-8-14-25)21(26)23-18-11-12-20(22-17-18)27-19-9-5-4-6-10-19/h4-6,9-12,17H,2-3,7-8,13-16H2,1H3,(H,23,26). The fourth-order valence-electron chi connectivity index (χ4n) is 3.10. The lowest BCUT2D eigenvalue weighted by molar-refractivity contribution is 0.207. The summed E-state index contributed by atoms with van der Waals surface area (Å²) in [5.74, 6) is 1.23. The molecular weight excluding hydrogens is 340 g/mol. The number of anilines is 1. The van der Waals surface area contributed by atoms with Gasteiger partial charge in [0.05, 0.1) is 11.9 Å². The van der Waals surface area contributed by atoms with Crippen LogP contribution in [0, 0.1) is 0 Å². The Morgan fingerprint density at radius 1 is 1.11 bits per heavy atom. The molecule has 0 atom stereocenters. The number of amides is 2. The third-order valence-electron chi connectivity index (χ3n) is 4.75. The van der Waals surface area contributed by atoms with Gasteiger partial charge in [0.25, 0.3) is 0 Å². The second-order valence-electron chi connectivity index (χ2n) is 6.91. The van der Waals surface area contributed by atoms with Crippen molar-refractivity contribution in [3.63, 3.8) is 0 Å². The van der Waals surface area contributed by atoms with Crippen molar-refractivity contribution in [3.05, 3.63) is 48.7 Å². The SMILES string of the molecule is CN(CCN1CCCCCC1)C(=O)Nc1ccc(Oc2ccccc2)nc1. The molecule has 2 aromatic rings. The molecule has 1 aliphatic rings. The van der Waals surface area contributed by atoms with Crippen LogP contribution in [-0.2, 0) is 0 Å². The van der Waals surface area contributed by atoms with Crippen molar-refractivity contribution in [1.29, 1.82) is 0 Å². The van der Waals surface area contributed by atoms with Gasteiger partial charge >= 0.3 is 6.03 Å². The number of likely N-dealkylation sites (N-methyl/N-ethyl adjacent to an activating group) is 1. The number of benzene rings is 1. The average Bonchev–Trinajstić information content (AvgIpc) is 2.97. The highest BCUT2D eigenvalue weighted by atomic mass is 16.5. The highest BCUT2D eigenvalue weighted by molar-refractivity contribution is 5.88. The van der Waals surface area contributed by atoms with Gasteiger partial charge in [0.2, 0.25) is 5.88 Å². The lowest BCUT2D eigenvalue weighted by atomic mass is 10.2. The maximum absolute atomic E-state index is 12.4. The molecule has 2 amide bonds. The molecule has 0 bridgehead atoms. The zero-order valence-corrected chi connectivity index (χ0v) is 15.9. The van der Waals surface area contributed by atoms with E-state index in [-0.39, 0.29) is 6.03 Å². The molecule has 2 heterocycles. The summed E-state index contributed by atoms with van der Waals surface area (Å²) in [6.45, 7) is 3.92. The van der Waals surface area contributed by atoms with E-state index >= 15 is 0 Å². The van der Waals surface area contributed by atoms with Crippen molar-refractivity contribution in [1.82, 2.24) is 14.8 Å². The Kier molecular flexibility index (Phi) is 7.04. The van der Waals surface area contributed by atoms with Crippen LogP contribution in [0.4, 0.5) is 10.5 Å². The third kappa shape index (κ3) is 6.25. The lowest BCUT2D eigenvalue weighted by Crippen LogP contribution is -2.38. The number of para-hydroxylation sites is 1. The van der Waals surface area contributed by atoms with Gasteiger partial charge in [-0.15, -0.1) is 0 Å². The van der Waals surface area contributed by atoms with Crippen molar-refractivity contribution in [2.24, 2.45) is 0 Å². The second kappa shape index (κ2) is 9.92. The van der Waals surface area contributed by atoms with Gasteiger partial charge in [0, 0.05) is 26.2 Å². The van der Waals surface area contributed by atoms with Gasteiger partial charge in [-0.25, -0.2) is 9.78 Å². The highest BCUT2D eigenvalue weighted by Crippen LogP contribution is 2.20. The minimum atomic E-state index is -0.122. The Bertz CT molecular complexity index is 698. The molecule has 1 N–H and O–H groups in total. The largest absolute Gasteiger partial charge is 0.439 e. The molecule has 3 rings (SSSR count). The van der Waals surface area contributed by atoms with Gasteiger partial charge in [-0.2, -0.15) is 0 Å². The summed E-state index contributed by atoms with van der Waals surface area (Å²) in [6.07, 6.45) is 6.78. The molecule has 0 radical (unpaired) electrons. The van der Waals surface area contributed by atoms with Crippen molar-refractivity contribution in [2.75, 3.05) is 38.5 Å². The average molecular weight is 368 g/mol. The van der Waals surface area contributed by atoms with Crippen LogP contribution < -0.4 is 10.1 Å². The van der Waals surface area contributed by atoms with Crippen LogP contribution in [0.25, 0.3) is 0 Å². The fourth-order valence-corrected chi connectivity index (χ4v) is 3.10. The first kappa shape index (κ1) is 19.2. The number of hydrogen-bond donors (Lipinski definition) is 1. The molecule has 1 aliphatic heterocycles. The molecule has 0 spiro atoms. The molecule has 1 fully saturated rings. The normalized spacial score (nSPS) is 15.0. The van der Waals surface area contributed by atoms with E-state index in [9.17, 15) is 4.79 Å². The number of rotatable bonds is 6. The molecule has 6 heteroatoms. The number of nitrogens with one attached hydrogen (secondary N) is 1. The monoisotopic (exact) mass is 368 g/mol. The van der Waals surface area contributed by atoms with Crippen LogP contribution in [0.2, 0.25) is 0 Å². The quantitative estimate of drug-likeness (QED) is 0.830. The Labute approximate surface area is 161 Å². The predicted octanol–water partition coefficient (Wildman–Crippen LogP) is 4.21. The number of carbonyl (C=O) groups excluding carboxylic acids is 1. The molecule has 6 nitrogen and oxygen atoms in total. The summed E-state index contributed by atoms with van der Waals surface area (Å²) in [4.78, 5) is 20.8. The molecule has 1 aromatic carbocycles. The maximum Gasteiger partial charge on any atom is 0.321 e. The Morgan fingerprint density at radius 2 is 1.85 bits per heavy atom. The van der Waals surface area contributed by atoms with Crippen molar-refractivity contribution in [3.8, 4) is 11.6 Å². The number of pyridine rings is 1. The van der Waals surface area contributed by atoms with Crippen LogP contribution in [0.3, 0.4) is 0 Å². The van der Waals surface area contributed by atoms with Gasteiger partial charge in [-0.1, -0.05) is 31.0 Å². The third-order valence-corrected chi connectivity index (χ3v) is 4.75. The van der Waals surface area contributed by atoms with E-state index < -0.39 is 0 Å². The second-order valence-corrected chi connectivity index (χ2v) is 6.91. The number of aromatic nitrogens is 1. The summed E-state index contributed by atoms with van der Waals surface area (Å²) in [7, 11) is 1.83. The number of hydrogen-bond acceptors (Lipinski definition) is 4. The van der Waals surface area contributed by atoms with Crippen molar-refractivity contribution < 1.29 is 9.53 Å². The molecular formula is C21H28N4O2. The van der Waals surface area contributed by atoms with E-state index in [1.54, 1.807) is 23.2 Å². The van der Waals surface area contributed by atoms with Gasteiger partial charge in [-0.3, -0.25) is 0 Å². The summed E-state index contributed by atoms with van der Waals surface area (Å²) in [5.41, 5.74) is 0.655. The van der Waals surface area contributed by atoms with Gasteiger partial charge in [0.15, 0.2) is 0 Å². The molecule has 1 saturated heterocycles. The van der Waals surface area contributed by atoms with Gasteiger partial charge < -0.3 is 19.9 Å². The molecule has 0 aliphatic carbocycles. The minimum Gasteiger partial charge on any atom is -0.439 e. The highest BCUT2D eigenvalue weighted by Gasteiger charge is 2.13. The summed E-state index contributed by atoms with van der Waals surface area (Å²) < 4.78 is 5.66. The number of carbonyl (C=O) groups is 1. The van der Waals surface area contributed by atoms with E-state index in [1.807, 2.05) is 37.4 Å². The fraction of sp³-hybridized carbons (Fsp3) is 0.429. The Balaban J connectivity index is 1.45. The molecule has 144 valence electrons. The topological polar surface area (TPSA) is 57.7 Å². The molecule has 27 heavy (non-hydrogen) atoms. The maximum atomic E-state index is 12.4. The van der Waals surface area contributed by atoms with Crippen molar-refractivity contribution >= 4 is 11.7 Å². The number of urea groups is 1. The van der Waals surface area contributed by atoms with E-state index in [4.69, 9.17) is 4.74 Å². The number of ether oxygens (including phenoxy) is 1. The summed E-state index contributed by atoms with van der Waals surface area (Å²) in [6, 6.07) is 12.9. The minimum absolute atomic E-state index is 0.122. The Hall–Kier alpha value is -2.60. The number of likely N-dealkylation sites (tertiary alicyclic amines) is 1. The molecule has 1 aromatic heterocycles. The van der Waals surface area contributed by atoms with Gasteiger partial charge in [0.1, 0.15) is 5.75 Å². The van der Waals surface area contributed by atoms with Crippen LogP contribution in [0.15, 0.2) is 48.7 Å². The van der Waals surface area contributed by atoms with Crippen LogP contribution in [-0.4, -0.2) is 54.0 Å². The van der Waals surface area contributed by atoms with Crippen LogP contribution in [0.5, 0.6) is 11.6 Å².